The van der Waals surface area contributed by atoms with Crippen LogP contribution in [0.15, 0.2) is 48.5 Å². The van der Waals surface area contributed by atoms with E-state index in [0.29, 0.717) is 12.0 Å². The summed E-state index contributed by atoms with van der Waals surface area (Å²) in [5.74, 6) is -0.477. The van der Waals surface area contributed by atoms with Crippen molar-refractivity contribution in [2.75, 3.05) is 13.6 Å². The lowest BCUT2D eigenvalue weighted by Crippen LogP contribution is -2.45. The lowest BCUT2D eigenvalue weighted by atomic mass is 10.0. The summed E-state index contributed by atoms with van der Waals surface area (Å²) in [5.41, 5.74) is 0.373. The highest BCUT2D eigenvalue weighted by molar-refractivity contribution is 5.95. The standard InChI is InChI=1S/C21H24N4O6/c1-14(2)12-17(22-20(26)15-4-8-18(9-5-15)24(28)29)13-23(3)21(27)16-6-10-19(11-7-16)25(30)31/h4-11,14,17H,12-13H2,1-3H3,(H,22,26)/t17-/m0/s1. The zero-order valence-corrected chi connectivity index (χ0v) is 17.5. The largest absolute Gasteiger partial charge is 0.348 e. The van der Waals surface area contributed by atoms with Crippen LogP contribution in [0.4, 0.5) is 11.4 Å². The number of hydrogen-bond donors (Lipinski definition) is 1. The van der Waals surface area contributed by atoms with Gasteiger partial charge in [0.1, 0.15) is 0 Å². The van der Waals surface area contributed by atoms with Gasteiger partial charge in [-0.2, -0.15) is 0 Å². The van der Waals surface area contributed by atoms with Crippen LogP contribution in [0, 0.1) is 26.1 Å². The maximum atomic E-state index is 12.7. The maximum absolute atomic E-state index is 12.7. The van der Waals surface area contributed by atoms with Crippen LogP contribution in [0.2, 0.25) is 0 Å². The summed E-state index contributed by atoms with van der Waals surface area (Å²) < 4.78 is 0. The van der Waals surface area contributed by atoms with Gasteiger partial charge >= 0.3 is 0 Å². The van der Waals surface area contributed by atoms with Crippen molar-refractivity contribution in [2.24, 2.45) is 5.92 Å². The number of non-ortho nitro benzene ring substituents is 2. The molecule has 164 valence electrons. The minimum atomic E-state index is -0.540. The fraction of sp³-hybridized carbons (Fsp3) is 0.333. The van der Waals surface area contributed by atoms with Crippen molar-refractivity contribution >= 4 is 23.2 Å². The molecule has 31 heavy (non-hydrogen) atoms. The highest BCUT2D eigenvalue weighted by Gasteiger charge is 2.21. The number of likely N-dealkylation sites (N-methyl/N-ethyl adjacent to an activating group) is 1. The molecular weight excluding hydrogens is 404 g/mol. The number of nitrogens with zero attached hydrogens (tertiary/aromatic N) is 3. The highest BCUT2D eigenvalue weighted by Crippen LogP contribution is 2.15. The van der Waals surface area contributed by atoms with Gasteiger partial charge in [-0.25, -0.2) is 0 Å². The molecule has 2 aromatic rings. The number of rotatable bonds is 9. The molecule has 0 aliphatic rings. The van der Waals surface area contributed by atoms with E-state index in [1.54, 1.807) is 7.05 Å². The second-order valence-corrected chi connectivity index (χ2v) is 7.59. The molecule has 0 aliphatic carbocycles. The maximum Gasteiger partial charge on any atom is 0.269 e. The Bertz CT molecular complexity index is 957. The number of hydrogen-bond acceptors (Lipinski definition) is 6. The summed E-state index contributed by atoms with van der Waals surface area (Å²) in [4.78, 5) is 47.2. The number of benzene rings is 2. The van der Waals surface area contributed by atoms with Crippen LogP contribution < -0.4 is 5.32 Å². The van der Waals surface area contributed by atoms with Gasteiger partial charge in [0, 0.05) is 55.0 Å². The number of amides is 2. The topological polar surface area (TPSA) is 136 Å². The normalized spacial score (nSPS) is 11.6. The molecule has 0 spiro atoms. The Hall–Kier alpha value is -3.82. The van der Waals surface area contributed by atoms with Gasteiger partial charge in [0.25, 0.3) is 23.2 Å². The number of nitrogens with one attached hydrogen (secondary N) is 1. The van der Waals surface area contributed by atoms with E-state index in [1.807, 2.05) is 13.8 Å². The molecule has 0 fully saturated rings. The summed E-state index contributed by atoms with van der Waals surface area (Å²) >= 11 is 0. The molecule has 2 rings (SSSR count). The molecule has 0 radical (unpaired) electrons. The third-order valence-corrected chi connectivity index (χ3v) is 4.60. The van der Waals surface area contributed by atoms with Crippen molar-refractivity contribution in [2.45, 2.75) is 26.3 Å². The molecule has 1 N–H and O–H groups in total. The summed E-state index contributed by atoms with van der Waals surface area (Å²) in [7, 11) is 1.59. The first-order valence-electron chi connectivity index (χ1n) is 9.63. The number of nitro benzene ring substituents is 2. The second kappa shape index (κ2) is 10.3. The van der Waals surface area contributed by atoms with E-state index < -0.39 is 15.8 Å². The van der Waals surface area contributed by atoms with Gasteiger partial charge in [0.05, 0.1) is 9.85 Å². The Kier molecular flexibility index (Phi) is 7.78. The van der Waals surface area contributed by atoms with E-state index in [9.17, 15) is 29.8 Å². The van der Waals surface area contributed by atoms with Crippen LogP contribution in [-0.2, 0) is 0 Å². The zero-order chi connectivity index (χ0) is 23.1. The highest BCUT2D eigenvalue weighted by atomic mass is 16.6. The first-order chi connectivity index (χ1) is 14.6. The van der Waals surface area contributed by atoms with E-state index in [2.05, 4.69) is 5.32 Å². The Balaban J connectivity index is 2.08. The predicted molar refractivity (Wildman–Crippen MR) is 114 cm³/mol. The van der Waals surface area contributed by atoms with Crippen LogP contribution in [0.3, 0.4) is 0 Å². The van der Waals surface area contributed by atoms with Gasteiger partial charge in [0.15, 0.2) is 0 Å². The van der Waals surface area contributed by atoms with Gasteiger partial charge < -0.3 is 10.2 Å². The van der Waals surface area contributed by atoms with E-state index in [0.717, 1.165) is 0 Å². The Morgan fingerprint density at radius 2 is 1.35 bits per heavy atom. The average Bonchev–Trinajstić information content (AvgIpc) is 2.72. The molecule has 0 unspecified atom stereocenters. The van der Waals surface area contributed by atoms with E-state index in [1.165, 1.54) is 53.4 Å². The smallest absolute Gasteiger partial charge is 0.269 e. The van der Waals surface area contributed by atoms with Crippen LogP contribution in [-0.4, -0.2) is 46.2 Å². The van der Waals surface area contributed by atoms with Crippen LogP contribution in [0.1, 0.15) is 41.0 Å². The molecule has 0 saturated carbocycles. The Morgan fingerprint density at radius 3 is 1.77 bits per heavy atom. The minimum absolute atomic E-state index is 0.104. The molecule has 0 aliphatic heterocycles. The van der Waals surface area contributed by atoms with Crippen molar-refractivity contribution in [1.82, 2.24) is 10.2 Å². The third kappa shape index (κ3) is 6.59. The Morgan fingerprint density at radius 1 is 0.903 bits per heavy atom. The molecule has 2 aromatic carbocycles. The van der Waals surface area contributed by atoms with Gasteiger partial charge in [-0.05, 0) is 36.6 Å². The summed E-state index contributed by atoms with van der Waals surface area (Å²) in [6, 6.07) is 10.2. The Labute approximate surface area is 179 Å². The summed E-state index contributed by atoms with van der Waals surface area (Å²) in [6.07, 6.45) is 0.608. The van der Waals surface area contributed by atoms with E-state index in [4.69, 9.17) is 0 Å². The molecule has 10 heteroatoms. The molecule has 2 amide bonds. The average molecular weight is 428 g/mol. The predicted octanol–water partition coefficient (Wildman–Crippen LogP) is 3.42. The van der Waals surface area contributed by atoms with Crippen LogP contribution >= 0.6 is 0 Å². The lowest BCUT2D eigenvalue weighted by molar-refractivity contribution is -0.385. The third-order valence-electron chi connectivity index (χ3n) is 4.60. The van der Waals surface area contributed by atoms with Crippen molar-refractivity contribution in [3.8, 4) is 0 Å². The molecule has 10 nitrogen and oxygen atoms in total. The molecule has 0 aromatic heterocycles. The van der Waals surface area contributed by atoms with Crippen molar-refractivity contribution in [1.29, 1.82) is 0 Å². The molecule has 1 atom stereocenters. The molecular formula is C21H24N4O6. The fourth-order valence-corrected chi connectivity index (χ4v) is 3.11. The van der Waals surface area contributed by atoms with Gasteiger partial charge in [-0.3, -0.25) is 29.8 Å². The van der Waals surface area contributed by atoms with Crippen LogP contribution in [0.5, 0.6) is 0 Å². The quantitative estimate of drug-likeness (QED) is 0.480. The van der Waals surface area contributed by atoms with Crippen molar-refractivity contribution < 1.29 is 19.4 Å². The minimum Gasteiger partial charge on any atom is -0.348 e. The van der Waals surface area contributed by atoms with Gasteiger partial charge in [0.2, 0.25) is 0 Å². The SMILES string of the molecule is CC(C)C[C@@H](CN(C)C(=O)c1ccc([N+](=O)[O-])cc1)NC(=O)c1ccc([N+](=O)[O-])cc1. The van der Waals surface area contributed by atoms with Crippen molar-refractivity contribution in [3.63, 3.8) is 0 Å². The summed E-state index contributed by atoms with van der Waals surface area (Å²) in [6.45, 7) is 4.21. The number of carbonyl (C=O) groups excluding carboxylic acids is 2. The fourth-order valence-electron chi connectivity index (χ4n) is 3.11. The molecule has 0 saturated heterocycles. The second-order valence-electron chi connectivity index (χ2n) is 7.59. The van der Waals surface area contributed by atoms with Gasteiger partial charge in [-0.15, -0.1) is 0 Å². The van der Waals surface area contributed by atoms with Crippen LogP contribution in [0.25, 0.3) is 0 Å². The zero-order valence-electron chi connectivity index (χ0n) is 17.5. The summed E-state index contributed by atoms with van der Waals surface area (Å²) in [5, 5.41) is 24.4. The van der Waals surface area contributed by atoms with Crippen molar-refractivity contribution in [3.05, 3.63) is 79.9 Å². The molecule has 0 heterocycles. The monoisotopic (exact) mass is 428 g/mol. The number of nitro groups is 2. The van der Waals surface area contributed by atoms with E-state index in [-0.39, 0.29) is 41.3 Å². The van der Waals surface area contributed by atoms with E-state index >= 15 is 0 Å². The van der Waals surface area contributed by atoms with Gasteiger partial charge in [-0.1, -0.05) is 13.8 Å². The molecule has 0 bridgehead atoms. The lowest BCUT2D eigenvalue weighted by Gasteiger charge is -2.26. The number of carbonyl (C=O) groups is 2. The first kappa shape index (κ1) is 23.5. The first-order valence-corrected chi connectivity index (χ1v) is 9.63.